The van der Waals surface area contributed by atoms with Crippen LogP contribution in [0, 0.1) is 6.92 Å². The maximum Gasteiger partial charge on any atom is 0.0901 e. The molecule has 2 heteroatoms. The smallest absolute Gasteiger partial charge is 0.0901 e. The lowest BCUT2D eigenvalue weighted by Gasteiger charge is -1.97. The van der Waals surface area contributed by atoms with Gasteiger partial charge in [-0.15, -0.1) is 11.3 Å². The highest BCUT2D eigenvalue weighted by molar-refractivity contribution is 7.09. The monoisotopic (exact) mass is 205 g/mol. The molecule has 0 atom stereocenters. The van der Waals surface area contributed by atoms with Crippen molar-refractivity contribution in [3.63, 3.8) is 0 Å². The lowest BCUT2D eigenvalue weighted by molar-refractivity contribution is 1.26. The molecular formula is C12H15NS. The van der Waals surface area contributed by atoms with Crippen molar-refractivity contribution >= 4 is 16.9 Å². The summed E-state index contributed by atoms with van der Waals surface area (Å²) in [6, 6.07) is 0. The van der Waals surface area contributed by atoms with Crippen LogP contribution in [0.25, 0.3) is 5.57 Å². The fraction of sp³-hybridized carbons (Fsp3) is 0.250. The van der Waals surface area contributed by atoms with E-state index in [1.54, 1.807) is 11.3 Å². The van der Waals surface area contributed by atoms with Crippen LogP contribution in [0.4, 0.5) is 0 Å². The summed E-state index contributed by atoms with van der Waals surface area (Å²) in [4.78, 5) is 4.44. The number of hydrogen-bond acceptors (Lipinski definition) is 2. The van der Waals surface area contributed by atoms with Gasteiger partial charge in [-0.3, -0.25) is 0 Å². The molecule has 1 heterocycles. The first kappa shape index (κ1) is 10.9. The lowest BCUT2D eigenvalue weighted by atomic mass is 10.1. The molecule has 0 aliphatic rings. The van der Waals surface area contributed by atoms with Crippen LogP contribution >= 0.6 is 11.3 Å². The summed E-state index contributed by atoms with van der Waals surface area (Å²) in [5.74, 6) is 0. The summed E-state index contributed by atoms with van der Waals surface area (Å²) in [5, 5.41) is 3.18. The van der Waals surface area contributed by atoms with Crippen LogP contribution in [0.3, 0.4) is 0 Å². The van der Waals surface area contributed by atoms with Gasteiger partial charge >= 0.3 is 0 Å². The van der Waals surface area contributed by atoms with Crippen molar-refractivity contribution in [1.82, 2.24) is 4.98 Å². The maximum absolute atomic E-state index is 4.44. The van der Waals surface area contributed by atoms with Crippen LogP contribution in [0.1, 0.15) is 24.5 Å². The predicted octanol–water partition coefficient (Wildman–Crippen LogP) is 3.99. The minimum absolute atomic E-state index is 1.05. The van der Waals surface area contributed by atoms with Crippen LogP contribution in [0.5, 0.6) is 0 Å². The predicted molar refractivity (Wildman–Crippen MR) is 64.5 cm³/mol. The van der Waals surface area contributed by atoms with Crippen LogP contribution in [0.2, 0.25) is 0 Å². The quantitative estimate of drug-likeness (QED) is 0.680. The molecule has 0 N–H and O–H groups in total. The third kappa shape index (κ3) is 2.67. The van der Waals surface area contributed by atoms with Gasteiger partial charge in [0.15, 0.2) is 0 Å². The Morgan fingerprint density at radius 1 is 1.57 bits per heavy atom. The number of aromatic nitrogens is 1. The third-order valence-corrected chi connectivity index (χ3v) is 2.70. The first-order valence-corrected chi connectivity index (χ1v) is 5.45. The van der Waals surface area contributed by atoms with Crippen molar-refractivity contribution in [1.29, 1.82) is 0 Å². The zero-order valence-electron chi connectivity index (χ0n) is 8.87. The Kier molecular flexibility index (Phi) is 3.84. The van der Waals surface area contributed by atoms with Crippen molar-refractivity contribution < 1.29 is 0 Å². The molecule has 74 valence electrons. The molecule has 0 radical (unpaired) electrons. The van der Waals surface area contributed by atoms with Crippen LogP contribution in [-0.2, 0) is 0 Å². The average molecular weight is 205 g/mol. The minimum Gasteiger partial charge on any atom is -0.242 e. The Hall–Kier alpha value is -1.15. The third-order valence-electron chi connectivity index (χ3n) is 1.93. The normalized spacial score (nSPS) is 13.1. The van der Waals surface area contributed by atoms with Crippen LogP contribution < -0.4 is 0 Å². The molecule has 0 saturated heterocycles. The molecule has 1 aromatic rings. The van der Waals surface area contributed by atoms with Crippen molar-refractivity contribution in [3.8, 4) is 0 Å². The molecule has 0 spiro atoms. The van der Waals surface area contributed by atoms with Crippen LogP contribution in [0.15, 0.2) is 35.8 Å². The van der Waals surface area contributed by atoms with Gasteiger partial charge in [-0.05, 0) is 26.3 Å². The molecule has 0 amide bonds. The van der Waals surface area contributed by atoms with E-state index in [4.69, 9.17) is 0 Å². The highest BCUT2D eigenvalue weighted by atomic mass is 32.1. The summed E-state index contributed by atoms with van der Waals surface area (Å²) in [6.07, 6.45) is 6.02. The number of aryl methyl sites for hydroxylation is 1. The molecular weight excluding hydrogens is 190 g/mol. The van der Waals surface area contributed by atoms with E-state index in [1.807, 2.05) is 26.8 Å². The molecule has 0 unspecified atom stereocenters. The van der Waals surface area contributed by atoms with Crippen molar-refractivity contribution in [2.75, 3.05) is 0 Å². The van der Waals surface area contributed by atoms with Crippen LogP contribution in [-0.4, -0.2) is 4.98 Å². The van der Waals surface area contributed by atoms with E-state index in [9.17, 15) is 0 Å². The Morgan fingerprint density at radius 3 is 2.71 bits per heavy atom. The molecule has 14 heavy (non-hydrogen) atoms. The van der Waals surface area contributed by atoms with Gasteiger partial charge in [-0.1, -0.05) is 30.4 Å². The highest BCUT2D eigenvalue weighted by Gasteiger charge is 2.01. The molecule has 0 fully saturated rings. The molecule has 0 saturated carbocycles. The average Bonchev–Trinajstić information content (AvgIpc) is 2.60. The summed E-state index contributed by atoms with van der Waals surface area (Å²) >= 11 is 1.68. The SMILES string of the molecule is C=C/C(C)=C\C(=C/C)c1csc(C)n1. The summed E-state index contributed by atoms with van der Waals surface area (Å²) in [6.45, 7) is 9.81. The Labute approximate surface area is 89.5 Å². The van der Waals surface area contributed by atoms with Gasteiger partial charge in [-0.2, -0.15) is 0 Å². The van der Waals surface area contributed by atoms with Gasteiger partial charge in [0.1, 0.15) is 0 Å². The Balaban J connectivity index is 3.00. The number of thiazole rings is 1. The zero-order chi connectivity index (χ0) is 10.6. The number of nitrogens with zero attached hydrogens (tertiary/aromatic N) is 1. The van der Waals surface area contributed by atoms with Crippen molar-refractivity contribution in [3.05, 3.63) is 46.5 Å². The van der Waals surface area contributed by atoms with Gasteiger partial charge < -0.3 is 0 Å². The van der Waals surface area contributed by atoms with Gasteiger partial charge in [-0.25, -0.2) is 4.98 Å². The van der Waals surface area contributed by atoms with E-state index in [2.05, 4.69) is 29.1 Å². The second-order valence-electron chi connectivity index (χ2n) is 3.09. The lowest BCUT2D eigenvalue weighted by Crippen LogP contribution is -1.82. The summed E-state index contributed by atoms with van der Waals surface area (Å²) in [5.41, 5.74) is 3.37. The molecule has 1 rings (SSSR count). The second kappa shape index (κ2) is 4.91. The van der Waals surface area contributed by atoms with E-state index in [0.29, 0.717) is 0 Å². The fourth-order valence-electron chi connectivity index (χ4n) is 1.11. The topological polar surface area (TPSA) is 12.9 Å². The van der Waals surface area contributed by atoms with E-state index in [0.717, 1.165) is 21.8 Å². The molecule has 0 bridgehead atoms. The highest BCUT2D eigenvalue weighted by Crippen LogP contribution is 2.19. The Bertz CT molecular complexity index is 383. The second-order valence-corrected chi connectivity index (χ2v) is 4.15. The molecule has 0 aliphatic heterocycles. The zero-order valence-corrected chi connectivity index (χ0v) is 9.69. The van der Waals surface area contributed by atoms with Crippen molar-refractivity contribution in [2.45, 2.75) is 20.8 Å². The first-order chi connectivity index (χ1) is 6.67. The van der Waals surface area contributed by atoms with Gasteiger partial charge in [0.25, 0.3) is 0 Å². The summed E-state index contributed by atoms with van der Waals surface area (Å²) in [7, 11) is 0. The maximum atomic E-state index is 4.44. The number of rotatable bonds is 3. The molecule has 0 aromatic carbocycles. The first-order valence-electron chi connectivity index (χ1n) is 4.57. The number of allylic oxidation sites excluding steroid dienone is 5. The molecule has 1 nitrogen and oxygen atoms in total. The minimum atomic E-state index is 1.05. The van der Waals surface area contributed by atoms with E-state index in [-0.39, 0.29) is 0 Å². The van der Waals surface area contributed by atoms with E-state index >= 15 is 0 Å². The largest absolute Gasteiger partial charge is 0.242 e. The molecule has 0 aliphatic carbocycles. The van der Waals surface area contributed by atoms with Gasteiger partial charge in [0.2, 0.25) is 0 Å². The fourth-order valence-corrected chi connectivity index (χ4v) is 1.73. The summed E-state index contributed by atoms with van der Waals surface area (Å²) < 4.78 is 0. The van der Waals surface area contributed by atoms with Crippen molar-refractivity contribution in [2.24, 2.45) is 0 Å². The molecule has 1 aromatic heterocycles. The van der Waals surface area contributed by atoms with E-state index in [1.165, 1.54) is 0 Å². The van der Waals surface area contributed by atoms with E-state index < -0.39 is 0 Å². The van der Waals surface area contributed by atoms with Gasteiger partial charge in [0, 0.05) is 5.38 Å². The standard InChI is InChI=1S/C12H15NS/c1-5-9(3)7-11(6-2)12-8-14-10(4)13-12/h5-8H,1H2,2-4H3/b9-7-,11-6+. The van der Waals surface area contributed by atoms with Gasteiger partial charge in [0.05, 0.1) is 10.7 Å². The number of hydrogen-bond donors (Lipinski definition) is 0. The Morgan fingerprint density at radius 2 is 2.29 bits per heavy atom.